The number of amides is 1. The maximum Gasteiger partial charge on any atom is 0.306 e. The predicted molar refractivity (Wildman–Crippen MR) is 61.7 cm³/mol. The monoisotopic (exact) mass is 244 g/mol. The largest absolute Gasteiger partial charge is 0.481 e. The van der Waals surface area contributed by atoms with Gasteiger partial charge in [0, 0.05) is 13.1 Å². The van der Waals surface area contributed by atoms with Gasteiger partial charge < -0.3 is 19.6 Å². The van der Waals surface area contributed by atoms with Crippen molar-refractivity contribution in [2.75, 3.05) is 40.3 Å². The van der Waals surface area contributed by atoms with Crippen molar-refractivity contribution < 1.29 is 19.4 Å². The van der Waals surface area contributed by atoms with Crippen molar-refractivity contribution in [3.8, 4) is 0 Å². The first-order valence-corrected chi connectivity index (χ1v) is 5.77. The Hall–Kier alpha value is -1.14. The number of carboxylic acid groups (broad SMARTS) is 1. The van der Waals surface area contributed by atoms with Crippen LogP contribution in [0.4, 0.5) is 0 Å². The van der Waals surface area contributed by atoms with Gasteiger partial charge in [-0.15, -0.1) is 0 Å². The molecule has 0 aromatic rings. The Morgan fingerprint density at radius 1 is 1.59 bits per heavy atom. The molecule has 6 heteroatoms. The van der Waals surface area contributed by atoms with E-state index in [0.717, 1.165) is 13.0 Å². The molecule has 0 spiro atoms. The molecule has 0 radical (unpaired) electrons. The van der Waals surface area contributed by atoms with Crippen molar-refractivity contribution >= 4 is 11.9 Å². The summed E-state index contributed by atoms with van der Waals surface area (Å²) in [5.41, 5.74) is 0. The van der Waals surface area contributed by atoms with Crippen molar-refractivity contribution in [1.29, 1.82) is 0 Å². The quantitative estimate of drug-likeness (QED) is 0.691. The topological polar surface area (TPSA) is 70.1 Å². The summed E-state index contributed by atoms with van der Waals surface area (Å²) in [5, 5.41) is 8.66. The van der Waals surface area contributed by atoms with Gasteiger partial charge in [0.05, 0.1) is 13.0 Å². The van der Waals surface area contributed by atoms with Crippen LogP contribution in [0.15, 0.2) is 0 Å². The van der Waals surface area contributed by atoms with E-state index in [1.165, 1.54) is 0 Å². The highest BCUT2D eigenvalue weighted by atomic mass is 16.5. The summed E-state index contributed by atoms with van der Waals surface area (Å²) < 4.78 is 5.18. The number of rotatable bonds is 6. The number of nitrogens with zero attached hydrogens (tertiary/aromatic N) is 2. The van der Waals surface area contributed by atoms with Crippen LogP contribution in [-0.4, -0.2) is 73.2 Å². The summed E-state index contributed by atoms with van der Waals surface area (Å²) in [6, 6.07) is 0. The summed E-state index contributed by atoms with van der Waals surface area (Å²) in [6.07, 6.45) is -0.165. The highest BCUT2D eigenvalue weighted by molar-refractivity contribution is 5.85. The van der Waals surface area contributed by atoms with Crippen LogP contribution >= 0.6 is 0 Å². The molecule has 1 aliphatic heterocycles. The first-order valence-electron chi connectivity index (χ1n) is 5.77. The summed E-state index contributed by atoms with van der Waals surface area (Å²) in [7, 11) is 3.96. The van der Waals surface area contributed by atoms with E-state index in [1.54, 1.807) is 4.90 Å². The van der Waals surface area contributed by atoms with Gasteiger partial charge in [0.25, 0.3) is 5.91 Å². The minimum atomic E-state index is -1.00. The van der Waals surface area contributed by atoms with Crippen LogP contribution in [0.1, 0.15) is 12.8 Å². The lowest BCUT2D eigenvalue weighted by Crippen LogP contribution is -2.49. The van der Waals surface area contributed by atoms with Crippen LogP contribution in [0.5, 0.6) is 0 Å². The van der Waals surface area contributed by atoms with Gasteiger partial charge in [-0.1, -0.05) is 0 Å². The summed E-state index contributed by atoms with van der Waals surface area (Å²) in [5.74, 6) is -1.20. The average Bonchev–Trinajstić information content (AvgIpc) is 2.22. The Bertz CT molecular complexity index is 281. The number of carbonyl (C=O) groups is 2. The Kier molecular flexibility index (Phi) is 5.37. The van der Waals surface area contributed by atoms with Crippen LogP contribution < -0.4 is 0 Å². The minimum absolute atomic E-state index is 0.197. The van der Waals surface area contributed by atoms with Crippen LogP contribution in [0.25, 0.3) is 0 Å². The highest BCUT2D eigenvalue weighted by Gasteiger charge is 2.30. The summed E-state index contributed by atoms with van der Waals surface area (Å²) in [4.78, 5) is 26.2. The molecule has 1 rings (SSSR count). The van der Waals surface area contributed by atoms with E-state index in [4.69, 9.17) is 9.84 Å². The van der Waals surface area contributed by atoms with E-state index in [9.17, 15) is 9.59 Å². The fraction of sp³-hybridized carbons (Fsp3) is 0.818. The molecule has 1 unspecified atom stereocenters. The molecule has 98 valence electrons. The second-order valence-electron chi connectivity index (χ2n) is 4.44. The number of hydrogen-bond donors (Lipinski definition) is 1. The summed E-state index contributed by atoms with van der Waals surface area (Å²) >= 11 is 0. The maximum absolute atomic E-state index is 11.9. The normalized spacial score (nSPS) is 21.0. The third kappa shape index (κ3) is 4.70. The number of ether oxygens (including phenoxy) is 1. The molecule has 1 atom stereocenters. The molecule has 0 aromatic heterocycles. The van der Waals surface area contributed by atoms with Gasteiger partial charge in [-0.05, 0) is 27.1 Å². The second-order valence-corrected chi connectivity index (χ2v) is 4.44. The van der Waals surface area contributed by atoms with Gasteiger partial charge in [-0.25, -0.2) is 0 Å². The molecular formula is C11H20N2O4. The van der Waals surface area contributed by atoms with Gasteiger partial charge in [-0.2, -0.15) is 0 Å². The maximum atomic E-state index is 11.9. The molecule has 17 heavy (non-hydrogen) atoms. The molecule has 1 aliphatic rings. The van der Waals surface area contributed by atoms with Gasteiger partial charge in [-0.3, -0.25) is 9.59 Å². The fourth-order valence-corrected chi connectivity index (χ4v) is 1.79. The molecule has 1 fully saturated rings. The van der Waals surface area contributed by atoms with E-state index < -0.39 is 12.1 Å². The van der Waals surface area contributed by atoms with Crippen molar-refractivity contribution in [2.24, 2.45) is 0 Å². The van der Waals surface area contributed by atoms with E-state index in [0.29, 0.717) is 19.7 Å². The van der Waals surface area contributed by atoms with E-state index in [-0.39, 0.29) is 12.3 Å². The molecule has 0 aliphatic carbocycles. The lowest BCUT2D eigenvalue weighted by atomic mass is 10.2. The summed E-state index contributed by atoms with van der Waals surface area (Å²) in [6.45, 7) is 2.55. The lowest BCUT2D eigenvalue weighted by molar-refractivity contribution is -0.159. The van der Waals surface area contributed by atoms with E-state index in [1.807, 2.05) is 14.1 Å². The molecule has 1 amide bonds. The molecule has 1 saturated heterocycles. The van der Waals surface area contributed by atoms with Gasteiger partial charge >= 0.3 is 5.97 Å². The van der Waals surface area contributed by atoms with Crippen molar-refractivity contribution in [3.63, 3.8) is 0 Å². The Morgan fingerprint density at radius 3 is 2.88 bits per heavy atom. The van der Waals surface area contributed by atoms with Crippen LogP contribution in [0.3, 0.4) is 0 Å². The standard InChI is InChI=1S/C11H20N2O4/c1-12(2)4-3-5-13-6-7-17-9(11(13)16)8-10(14)15/h9H,3-8H2,1-2H3,(H,14,15). The van der Waals surface area contributed by atoms with Gasteiger partial charge in [0.2, 0.25) is 0 Å². The number of aliphatic carboxylic acids is 1. The molecule has 0 aromatic carbocycles. The lowest BCUT2D eigenvalue weighted by Gasteiger charge is -2.32. The minimum Gasteiger partial charge on any atom is -0.481 e. The number of morpholine rings is 1. The zero-order valence-electron chi connectivity index (χ0n) is 10.4. The van der Waals surface area contributed by atoms with Gasteiger partial charge in [0.15, 0.2) is 0 Å². The predicted octanol–water partition coefficient (Wildman–Crippen LogP) is -0.360. The van der Waals surface area contributed by atoms with Crippen LogP contribution in [-0.2, 0) is 14.3 Å². The number of hydrogen-bond acceptors (Lipinski definition) is 4. The van der Waals surface area contributed by atoms with Crippen LogP contribution in [0, 0.1) is 0 Å². The third-order valence-corrected chi connectivity index (χ3v) is 2.66. The SMILES string of the molecule is CN(C)CCCN1CCOC(CC(=O)O)C1=O. The van der Waals surface area contributed by atoms with Crippen molar-refractivity contribution in [2.45, 2.75) is 18.9 Å². The van der Waals surface area contributed by atoms with E-state index >= 15 is 0 Å². The van der Waals surface area contributed by atoms with Gasteiger partial charge in [0.1, 0.15) is 6.10 Å². The third-order valence-electron chi connectivity index (χ3n) is 2.66. The van der Waals surface area contributed by atoms with Crippen molar-refractivity contribution in [3.05, 3.63) is 0 Å². The zero-order chi connectivity index (χ0) is 12.8. The number of carboxylic acids is 1. The highest BCUT2D eigenvalue weighted by Crippen LogP contribution is 2.11. The Labute approximate surface area is 101 Å². The molecule has 6 nitrogen and oxygen atoms in total. The fourth-order valence-electron chi connectivity index (χ4n) is 1.79. The molecular weight excluding hydrogens is 224 g/mol. The zero-order valence-corrected chi connectivity index (χ0v) is 10.4. The average molecular weight is 244 g/mol. The molecule has 0 saturated carbocycles. The second kappa shape index (κ2) is 6.56. The first kappa shape index (κ1) is 13.9. The molecule has 0 bridgehead atoms. The van der Waals surface area contributed by atoms with Crippen molar-refractivity contribution in [1.82, 2.24) is 9.80 Å². The first-order chi connectivity index (χ1) is 8.00. The molecule has 1 N–H and O–H groups in total. The number of carbonyl (C=O) groups excluding carboxylic acids is 1. The molecule has 1 heterocycles. The smallest absolute Gasteiger partial charge is 0.306 e. The van der Waals surface area contributed by atoms with E-state index in [2.05, 4.69) is 4.90 Å². The Balaban J connectivity index is 2.39. The van der Waals surface area contributed by atoms with Crippen LogP contribution in [0.2, 0.25) is 0 Å². The Morgan fingerprint density at radius 2 is 2.29 bits per heavy atom.